The number of halogens is 1. The van der Waals surface area contributed by atoms with Gasteiger partial charge in [0, 0.05) is 18.1 Å². The lowest BCUT2D eigenvalue weighted by molar-refractivity contribution is 0.0106. The molecule has 1 aromatic rings. The quantitative estimate of drug-likeness (QED) is 0.902. The molecule has 110 valence electrons. The van der Waals surface area contributed by atoms with Gasteiger partial charge in [0.1, 0.15) is 5.82 Å². The lowest BCUT2D eigenvalue weighted by Crippen LogP contribution is -2.57. The highest BCUT2D eigenvalue weighted by Crippen LogP contribution is 2.37. The number of nitrogens with one attached hydrogen (secondary N) is 1. The van der Waals surface area contributed by atoms with Crippen molar-refractivity contribution in [2.45, 2.75) is 70.0 Å². The Kier molecular flexibility index (Phi) is 4.08. The van der Waals surface area contributed by atoms with Gasteiger partial charge in [0.25, 0.3) is 0 Å². The van der Waals surface area contributed by atoms with Gasteiger partial charge in [0.2, 0.25) is 0 Å². The summed E-state index contributed by atoms with van der Waals surface area (Å²) >= 11 is 0. The van der Waals surface area contributed by atoms with Crippen molar-refractivity contribution < 1.29 is 4.39 Å². The third-order valence-corrected chi connectivity index (χ3v) is 4.98. The van der Waals surface area contributed by atoms with Crippen LogP contribution in [0, 0.1) is 5.82 Å². The van der Waals surface area contributed by atoms with E-state index in [-0.39, 0.29) is 5.82 Å². The Balaban J connectivity index is 1.53. The van der Waals surface area contributed by atoms with Gasteiger partial charge >= 0.3 is 0 Å². The first-order valence-corrected chi connectivity index (χ1v) is 7.93. The maximum absolute atomic E-state index is 13.2. The van der Waals surface area contributed by atoms with Crippen LogP contribution >= 0.6 is 0 Å². The van der Waals surface area contributed by atoms with Gasteiger partial charge in [-0.2, -0.15) is 0 Å². The molecule has 20 heavy (non-hydrogen) atoms. The molecule has 1 saturated heterocycles. The minimum absolute atomic E-state index is 0.114. The van der Waals surface area contributed by atoms with Crippen LogP contribution in [0.25, 0.3) is 0 Å². The van der Waals surface area contributed by atoms with Crippen molar-refractivity contribution in [2.24, 2.45) is 0 Å². The number of hydrogen-bond donors (Lipinski definition) is 1. The van der Waals surface area contributed by atoms with Crippen molar-refractivity contribution in [3.63, 3.8) is 0 Å². The Labute approximate surface area is 121 Å². The zero-order chi connectivity index (χ0) is 14.1. The molecule has 1 heterocycles. The number of benzene rings is 1. The van der Waals surface area contributed by atoms with Crippen molar-refractivity contribution in [2.75, 3.05) is 0 Å². The molecule has 3 heteroatoms. The molecule has 2 atom stereocenters. The average molecular weight is 276 g/mol. The second kappa shape index (κ2) is 5.82. The number of piperidine rings is 1. The summed E-state index contributed by atoms with van der Waals surface area (Å²) in [7, 11) is 0. The van der Waals surface area contributed by atoms with E-state index in [0.29, 0.717) is 24.0 Å². The average Bonchev–Trinajstić information content (AvgIpc) is 2.36. The summed E-state index contributed by atoms with van der Waals surface area (Å²) in [4.78, 5) is 0. The summed E-state index contributed by atoms with van der Waals surface area (Å²) in [5.41, 5.74) is 4.86. The van der Waals surface area contributed by atoms with Gasteiger partial charge in [-0.05, 0) is 63.1 Å². The zero-order valence-electron chi connectivity index (χ0n) is 12.5. The highest BCUT2D eigenvalue weighted by Gasteiger charge is 2.34. The van der Waals surface area contributed by atoms with Gasteiger partial charge in [-0.25, -0.2) is 9.40 Å². The molecule has 2 unspecified atom stereocenters. The molecule has 3 rings (SSSR count). The van der Waals surface area contributed by atoms with Crippen molar-refractivity contribution in [1.82, 2.24) is 10.4 Å². The summed E-state index contributed by atoms with van der Waals surface area (Å²) in [5, 5.41) is 2.45. The zero-order valence-corrected chi connectivity index (χ0v) is 12.5. The lowest BCUT2D eigenvalue weighted by Gasteiger charge is -2.46. The summed E-state index contributed by atoms with van der Waals surface area (Å²) in [6.45, 7) is 4.62. The minimum Gasteiger partial charge on any atom is -0.252 e. The monoisotopic (exact) mass is 276 g/mol. The fraction of sp³-hybridized carbons (Fsp3) is 0.647. The Morgan fingerprint density at radius 1 is 1.15 bits per heavy atom. The predicted molar refractivity (Wildman–Crippen MR) is 79.9 cm³/mol. The maximum atomic E-state index is 13.2. The van der Waals surface area contributed by atoms with E-state index >= 15 is 0 Å². The molecule has 0 spiro atoms. The van der Waals surface area contributed by atoms with Crippen LogP contribution in [0.2, 0.25) is 0 Å². The Morgan fingerprint density at radius 2 is 1.85 bits per heavy atom. The van der Waals surface area contributed by atoms with Crippen LogP contribution in [0.4, 0.5) is 4.39 Å². The number of nitrogens with zero attached hydrogens (tertiary/aromatic N) is 1. The Hall–Kier alpha value is -0.930. The fourth-order valence-electron chi connectivity index (χ4n) is 3.64. The topological polar surface area (TPSA) is 15.3 Å². The minimum atomic E-state index is -0.114. The molecule has 1 saturated carbocycles. The van der Waals surface area contributed by atoms with Crippen LogP contribution in [0.3, 0.4) is 0 Å². The van der Waals surface area contributed by atoms with Gasteiger partial charge in [-0.3, -0.25) is 5.43 Å². The largest absolute Gasteiger partial charge is 0.252 e. The third-order valence-electron chi connectivity index (χ3n) is 4.98. The number of rotatable bonds is 3. The normalized spacial score (nSPS) is 34.8. The summed E-state index contributed by atoms with van der Waals surface area (Å²) in [6.07, 6.45) is 6.17. The molecular weight excluding hydrogens is 251 g/mol. The molecular formula is C17H25FN2. The molecule has 0 radical (unpaired) electrons. The molecule has 0 aromatic heterocycles. The second-order valence-electron chi connectivity index (χ2n) is 6.59. The van der Waals surface area contributed by atoms with Crippen molar-refractivity contribution in [3.8, 4) is 0 Å². The van der Waals surface area contributed by atoms with E-state index in [1.54, 1.807) is 6.07 Å². The van der Waals surface area contributed by atoms with Gasteiger partial charge in [0.05, 0.1) is 0 Å². The molecule has 2 nitrogen and oxygen atoms in total. The Morgan fingerprint density at radius 3 is 2.50 bits per heavy atom. The van der Waals surface area contributed by atoms with E-state index in [4.69, 9.17) is 0 Å². The molecule has 0 bridgehead atoms. The van der Waals surface area contributed by atoms with Crippen molar-refractivity contribution in [1.29, 1.82) is 0 Å². The molecule has 2 aliphatic rings. The van der Waals surface area contributed by atoms with Crippen molar-refractivity contribution >= 4 is 0 Å². The van der Waals surface area contributed by atoms with Crippen LogP contribution in [0.1, 0.15) is 57.4 Å². The summed E-state index contributed by atoms with van der Waals surface area (Å²) in [5.74, 6) is 0.413. The lowest BCUT2D eigenvalue weighted by atomic mass is 9.76. The van der Waals surface area contributed by atoms with Crippen molar-refractivity contribution in [3.05, 3.63) is 35.6 Å². The van der Waals surface area contributed by atoms with E-state index in [1.807, 2.05) is 6.07 Å². The SMILES string of the molecule is CC1CCCC(C)N1NC1CC(c2cccc(F)c2)C1. The second-order valence-corrected chi connectivity index (χ2v) is 6.59. The molecule has 1 aliphatic carbocycles. The van der Waals surface area contributed by atoms with Crippen LogP contribution < -0.4 is 5.43 Å². The van der Waals surface area contributed by atoms with Crippen LogP contribution in [0.15, 0.2) is 24.3 Å². The molecule has 1 aromatic carbocycles. The predicted octanol–water partition coefficient (Wildman–Crippen LogP) is 3.84. The molecule has 0 amide bonds. The van der Waals surface area contributed by atoms with E-state index in [9.17, 15) is 4.39 Å². The Bertz CT molecular complexity index is 446. The highest BCUT2D eigenvalue weighted by molar-refractivity contribution is 5.23. The van der Waals surface area contributed by atoms with Crippen LogP contribution in [-0.4, -0.2) is 23.1 Å². The molecule has 1 aliphatic heterocycles. The highest BCUT2D eigenvalue weighted by atomic mass is 19.1. The van der Waals surface area contributed by atoms with E-state index in [2.05, 4.69) is 30.3 Å². The summed E-state index contributed by atoms with van der Waals surface area (Å²) < 4.78 is 13.2. The summed E-state index contributed by atoms with van der Waals surface area (Å²) in [6, 6.07) is 8.91. The number of hydrogen-bond acceptors (Lipinski definition) is 2. The van der Waals surface area contributed by atoms with Gasteiger partial charge in [-0.1, -0.05) is 18.6 Å². The van der Waals surface area contributed by atoms with Gasteiger partial charge in [-0.15, -0.1) is 0 Å². The van der Waals surface area contributed by atoms with E-state index in [0.717, 1.165) is 18.4 Å². The first-order valence-electron chi connectivity index (χ1n) is 7.93. The van der Waals surface area contributed by atoms with Gasteiger partial charge < -0.3 is 0 Å². The maximum Gasteiger partial charge on any atom is 0.123 e. The first kappa shape index (κ1) is 14.0. The molecule has 1 N–H and O–H groups in total. The van der Waals surface area contributed by atoms with E-state index in [1.165, 1.54) is 25.3 Å². The number of hydrazine groups is 1. The van der Waals surface area contributed by atoms with E-state index < -0.39 is 0 Å². The first-order chi connectivity index (χ1) is 9.63. The third kappa shape index (κ3) is 2.89. The standard InChI is InChI=1S/C17H25FN2/c1-12-5-3-6-13(2)20(12)19-17-10-15(11-17)14-7-4-8-16(18)9-14/h4,7-9,12-13,15,17,19H,3,5-6,10-11H2,1-2H3. The fourth-order valence-corrected chi connectivity index (χ4v) is 3.64. The van der Waals surface area contributed by atoms with Crippen LogP contribution in [0.5, 0.6) is 0 Å². The van der Waals surface area contributed by atoms with Gasteiger partial charge in [0.15, 0.2) is 0 Å². The van der Waals surface area contributed by atoms with Crippen LogP contribution in [-0.2, 0) is 0 Å². The molecule has 2 fully saturated rings. The smallest absolute Gasteiger partial charge is 0.123 e.